The first-order valence-corrected chi connectivity index (χ1v) is 4.18. The van der Waals surface area contributed by atoms with Gasteiger partial charge >= 0.3 is 0 Å². The minimum Gasteiger partial charge on any atom is -0.326 e. The third-order valence-electron chi connectivity index (χ3n) is 1.55. The molecule has 6 heteroatoms. The summed E-state index contributed by atoms with van der Waals surface area (Å²) in [6, 6.07) is 0. The van der Waals surface area contributed by atoms with Crippen LogP contribution in [0.3, 0.4) is 0 Å². The van der Waals surface area contributed by atoms with E-state index in [4.69, 9.17) is 5.73 Å². The Kier molecular flexibility index (Phi) is 3.27. The zero-order chi connectivity index (χ0) is 10.0. The first-order valence-electron chi connectivity index (χ1n) is 3.39. The van der Waals surface area contributed by atoms with Crippen molar-refractivity contribution in [3.05, 3.63) is 27.7 Å². The van der Waals surface area contributed by atoms with Gasteiger partial charge in [0.15, 0.2) is 5.82 Å². The van der Waals surface area contributed by atoms with Crippen LogP contribution in [0.25, 0.3) is 0 Å². The van der Waals surface area contributed by atoms with Gasteiger partial charge in [-0.05, 0) is 15.9 Å². The molecule has 0 radical (unpaired) electrons. The van der Waals surface area contributed by atoms with Crippen LogP contribution in [0.15, 0.2) is 10.8 Å². The fourth-order valence-electron chi connectivity index (χ4n) is 0.908. The average molecular weight is 255 g/mol. The molecule has 0 aliphatic rings. The second-order valence-corrected chi connectivity index (χ2v) is 3.05. The van der Waals surface area contributed by atoms with E-state index in [0.29, 0.717) is 0 Å². The molecule has 1 rings (SSSR count). The lowest BCUT2D eigenvalue weighted by molar-refractivity contribution is 0.149. The molecule has 1 aromatic rings. The number of hydrogen-bond acceptors (Lipinski definition) is 2. The van der Waals surface area contributed by atoms with E-state index in [2.05, 4.69) is 20.9 Å². The molecule has 0 aliphatic heterocycles. The summed E-state index contributed by atoms with van der Waals surface area (Å²) in [6.45, 7) is -0.271. The number of halogens is 4. The standard InChI is InChI=1S/C7H6BrF3N2/c8-6-5(9)3(1-12)4(2-13-6)7(10)11/h2,7H,1,12H2. The van der Waals surface area contributed by atoms with Gasteiger partial charge < -0.3 is 5.73 Å². The molecule has 72 valence electrons. The molecule has 2 N–H and O–H groups in total. The summed E-state index contributed by atoms with van der Waals surface area (Å²) in [5, 5.41) is 0. The van der Waals surface area contributed by atoms with Gasteiger partial charge in [0.25, 0.3) is 6.43 Å². The number of nitrogens with zero attached hydrogens (tertiary/aromatic N) is 1. The smallest absolute Gasteiger partial charge is 0.265 e. The van der Waals surface area contributed by atoms with Crippen LogP contribution >= 0.6 is 15.9 Å². The summed E-state index contributed by atoms with van der Waals surface area (Å²) in [5.41, 5.74) is 4.48. The van der Waals surface area contributed by atoms with Gasteiger partial charge in [-0.3, -0.25) is 0 Å². The van der Waals surface area contributed by atoms with Crippen molar-refractivity contribution < 1.29 is 13.2 Å². The SMILES string of the molecule is NCc1c(C(F)F)cnc(Br)c1F. The molecule has 0 spiro atoms. The Morgan fingerprint density at radius 3 is 2.62 bits per heavy atom. The van der Waals surface area contributed by atoms with E-state index >= 15 is 0 Å². The van der Waals surface area contributed by atoms with Gasteiger partial charge in [-0.15, -0.1) is 0 Å². The highest BCUT2D eigenvalue weighted by Crippen LogP contribution is 2.26. The topological polar surface area (TPSA) is 38.9 Å². The molecule has 0 saturated carbocycles. The summed E-state index contributed by atoms with van der Waals surface area (Å²) < 4.78 is 37.5. The summed E-state index contributed by atoms with van der Waals surface area (Å²) in [7, 11) is 0. The zero-order valence-corrected chi connectivity index (χ0v) is 7.98. The van der Waals surface area contributed by atoms with Gasteiger partial charge in [0.2, 0.25) is 0 Å². The number of pyridine rings is 1. The van der Waals surface area contributed by atoms with Crippen molar-refractivity contribution >= 4 is 15.9 Å². The van der Waals surface area contributed by atoms with E-state index in [-0.39, 0.29) is 16.7 Å². The van der Waals surface area contributed by atoms with Crippen LogP contribution in [-0.2, 0) is 6.54 Å². The first-order chi connectivity index (χ1) is 6.07. The fraction of sp³-hybridized carbons (Fsp3) is 0.286. The molecule has 0 saturated heterocycles. The highest BCUT2D eigenvalue weighted by molar-refractivity contribution is 9.10. The number of alkyl halides is 2. The first kappa shape index (κ1) is 10.5. The zero-order valence-electron chi connectivity index (χ0n) is 6.40. The third-order valence-corrected chi connectivity index (χ3v) is 2.10. The summed E-state index contributed by atoms with van der Waals surface area (Å²) in [4.78, 5) is 3.41. The summed E-state index contributed by atoms with van der Waals surface area (Å²) in [5.74, 6) is -0.819. The lowest BCUT2D eigenvalue weighted by atomic mass is 10.1. The van der Waals surface area contributed by atoms with E-state index in [1.54, 1.807) is 0 Å². The number of aromatic nitrogens is 1. The summed E-state index contributed by atoms with van der Waals surface area (Å²) >= 11 is 2.78. The molecular weight excluding hydrogens is 249 g/mol. The van der Waals surface area contributed by atoms with Gasteiger partial charge in [-0.2, -0.15) is 0 Å². The maximum absolute atomic E-state index is 13.1. The molecule has 2 nitrogen and oxygen atoms in total. The Morgan fingerprint density at radius 1 is 1.54 bits per heavy atom. The molecule has 0 unspecified atom stereocenters. The Labute approximate surface area is 81.1 Å². The van der Waals surface area contributed by atoms with Crippen LogP contribution < -0.4 is 5.73 Å². The minimum absolute atomic E-state index is 0.0997. The second-order valence-electron chi connectivity index (χ2n) is 2.30. The predicted molar refractivity (Wildman–Crippen MR) is 44.7 cm³/mol. The van der Waals surface area contributed by atoms with E-state index in [1.807, 2.05) is 0 Å². The molecule has 13 heavy (non-hydrogen) atoms. The molecule has 1 aromatic heterocycles. The van der Waals surface area contributed by atoms with Gasteiger partial charge in [0, 0.05) is 23.9 Å². The molecule has 0 atom stereocenters. The molecule has 0 amide bonds. The molecule has 0 aliphatic carbocycles. The van der Waals surface area contributed by atoms with Crippen molar-refractivity contribution in [1.82, 2.24) is 4.98 Å². The molecule has 0 bridgehead atoms. The Bertz CT molecular complexity index is 317. The quantitative estimate of drug-likeness (QED) is 0.824. The monoisotopic (exact) mass is 254 g/mol. The molecule has 1 heterocycles. The third kappa shape index (κ3) is 2.00. The number of nitrogens with two attached hydrogens (primary N) is 1. The van der Waals surface area contributed by atoms with Crippen LogP contribution in [0.2, 0.25) is 0 Å². The summed E-state index contributed by atoms with van der Waals surface area (Å²) in [6.07, 6.45) is -1.84. The van der Waals surface area contributed by atoms with Crippen molar-refractivity contribution in [2.45, 2.75) is 13.0 Å². The molecular formula is C7H6BrF3N2. The van der Waals surface area contributed by atoms with Crippen LogP contribution in [0.1, 0.15) is 17.6 Å². The largest absolute Gasteiger partial charge is 0.326 e. The van der Waals surface area contributed by atoms with Crippen LogP contribution in [0, 0.1) is 5.82 Å². The van der Waals surface area contributed by atoms with E-state index in [0.717, 1.165) is 6.20 Å². The predicted octanol–water partition coefficient (Wildman–Crippen LogP) is 2.38. The van der Waals surface area contributed by atoms with Crippen molar-refractivity contribution in [2.75, 3.05) is 0 Å². The van der Waals surface area contributed by atoms with Crippen molar-refractivity contribution in [3.63, 3.8) is 0 Å². The maximum Gasteiger partial charge on any atom is 0.265 e. The highest BCUT2D eigenvalue weighted by atomic mass is 79.9. The van der Waals surface area contributed by atoms with Crippen LogP contribution in [-0.4, -0.2) is 4.98 Å². The fourth-order valence-corrected chi connectivity index (χ4v) is 1.25. The lowest BCUT2D eigenvalue weighted by Crippen LogP contribution is -2.07. The van der Waals surface area contributed by atoms with Gasteiger partial charge in [0.05, 0.1) is 0 Å². The lowest BCUT2D eigenvalue weighted by Gasteiger charge is -2.07. The van der Waals surface area contributed by atoms with Crippen molar-refractivity contribution in [1.29, 1.82) is 0 Å². The van der Waals surface area contributed by atoms with Crippen LogP contribution in [0.4, 0.5) is 13.2 Å². The normalized spacial score (nSPS) is 10.9. The Balaban J connectivity index is 3.30. The number of rotatable bonds is 2. The number of hydrogen-bond donors (Lipinski definition) is 1. The molecule has 0 aromatic carbocycles. The second kappa shape index (κ2) is 4.06. The van der Waals surface area contributed by atoms with E-state index in [1.165, 1.54) is 0 Å². The molecule has 0 fully saturated rings. The Hall–Kier alpha value is -0.620. The van der Waals surface area contributed by atoms with Gasteiger partial charge in [-0.1, -0.05) is 0 Å². The minimum atomic E-state index is -2.76. The van der Waals surface area contributed by atoms with Crippen LogP contribution in [0.5, 0.6) is 0 Å². The van der Waals surface area contributed by atoms with Gasteiger partial charge in [-0.25, -0.2) is 18.2 Å². The van der Waals surface area contributed by atoms with Crippen molar-refractivity contribution in [2.24, 2.45) is 5.73 Å². The van der Waals surface area contributed by atoms with Crippen molar-refractivity contribution in [3.8, 4) is 0 Å². The van der Waals surface area contributed by atoms with E-state index in [9.17, 15) is 13.2 Å². The van der Waals surface area contributed by atoms with Gasteiger partial charge in [0.1, 0.15) is 4.60 Å². The average Bonchev–Trinajstić information content (AvgIpc) is 2.09. The van der Waals surface area contributed by atoms with E-state index < -0.39 is 17.8 Å². The Morgan fingerprint density at radius 2 is 2.15 bits per heavy atom. The maximum atomic E-state index is 13.1. The highest BCUT2D eigenvalue weighted by Gasteiger charge is 2.18.